The number of carbonyl (C=O) groups is 3. The van der Waals surface area contributed by atoms with E-state index in [9.17, 15) is 14.4 Å². The Kier molecular flexibility index (Phi) is 6.67. The number of nitrogens with zero attached hydrogens (tertiary/aromatic N) is 1. The molecule has 3 rings (SSSR count). The maximum Gasteiger partial charge on any atom is 0.326 e. The molecular weight excluding hydrogens is 376 g/mol. The van der Waals surface area contributed by atoms with Crippen molar-refractivity contribution in [3.05, 3.63) is 48.5 Å². The van der Waals surface area contributed by atoms with Crippen molar-refractivity contribution in [3.8, 4) is 11.5 Å². The van der Waals surface area contributed by atoms with E-state index in [1.165, 1.54) is 4.90 Å². The molecule has 0 radical (unpaired) electrons. The highest BCUT2D eigenvalue weighted by Gasteiger charge is 2.25. The van der Waals surface area contributed by atoms with Crippen molar-refractivity contribution in [1.82, 2.24) is 0 Å². The summed E-state index contributed by atoms with van der Waals surface area (Å²) >= 11 is 0. The Balaban J connectivity index is 1.52. The highest BCUT2D eigenvalue weighted by Crippen LogP contribution is 2.30. The molecule has 8 heteroatoms. The van der Waals surface area contributed by atoms with Crippen LogP contribution in [0.1, 0.15) is 13.3 Å². The van der Waals surface area contributed by atoms with Crippen LogP contribution in [0, 0.1) is 0 Å². The molecule has 2 aromatic carbocycles. The summed E-state index contributed by atoms with van der Waals surface area (Å²) in [5.41, 5.74) is 1.06. The molecule has 0 aromatic heterocycles. The summed E-state index contributed by atoms with van der Waals surface area (Å²) in [6.45, 7) is 1.93. The van der Waals surface area contributed by atoms with Crippen molar-refractivity contribution in [2.45, 2.75) is 13.3 Å². The van der Waals surface area contributed by atoms with Gasteiger partial charge in [-0.1, -0.05) is 12.1 Å². The van der Waals surface area contributed by atoms with Gasteiger partial charge >= 0.3 is 5.97 Å². The predicted molar refractivity (Wildman–Crippen MR) is 106 cm³/mol. The Morgan fingerprint density at radius 1 is 1.14 bits per heavy atom. The largest absolute Gasteiger partial charge is 0.494 e. The van der Waals surface area contributed by atoms with Crippen LogP contribution in [0.4, 0.5) is 11.4 Å². The lowest BCUT2D eigenvalue weighted by Gasteiger charge is -2.20. The van der Waals surface area contributed by atoms with Gasteiger partial charge in [0.05, 0.1) is 25.3 Å². The van der Waals surface area contributed by atoms with Crippen LogP contribution in [-0.2, 0) is 19.1 Å². The number of hydrogen-bond donors (Lipinski definition) is 1. The van der Waals surface area contributed by atoms with Crippen LogP contribution < -0.4 is 19.7 Å². The fraction of sp³-hybridized carbons (Fsp3) is 0.286. The van der Waals surface area contributed by atoms with Gasteiger partial charge in [-0.05, 0) is 43.3 Å². The Bertz CT molecular complexity index is 881. The number of nitrogens with one attached hydrogen (secondary N) is 1. The standard InChI is InChI=1S/C21H22N2O6/c1-2-27-16-9-7-15(8-10-16)22-19(24)14-29-21(26)13-23-17-5-3-4-6-18(17)28-12-11-20(23)25/h3-10H,2,11-14H2,1H3,(H,22,24). The fourth-order valence-electron chi connectivity index (χ4n) is 2.81. The molecule has 29 heavy (non-hydrogen) atoms. The molecule has 0 bridgehead atoms. The maximum atomic E-state index is 12.3. The summed E-state index contributed by atoms with van der Waals surface area (Å²) in [5, 5.41) is 2.63. The number of benzene rings is 2. The number of esters is 1. The monoisotopic (exact) mass is 398 g/mol. The summed E-state index contributed by atoms with van der Waals surface area (Å²) < 4.78 is 15.9. The van der Waals surface area contributed by atoms with E-state index < -0.39 is 18.5 Å². The first-order valence-corrected chi connectivity index (χ1v) is 9.27. The van der Waals surface area contributed by atoms with Gasteiger partial charge in [-0.3, -0.25) is 19.3 Å². The van der Waals surface area contributed by atoms with Crippen LogP contribution in [0.25, 0.3) is 0 Å². The number of rotatable bonds is 7. The lowest BCUT2D eigenvalue weighted by Crippen LogP contribution is -2.36. The summed E-state index contributed by atoms with van der Waals surface area (Å²) in [5.74, 6) is -0.182. The zero-order valence-electron chi connectivity index (χ0n) is 16.1. The van der Waals surface area contributed by atoms with Gasteiger partial charge in [-0.2, -0.15) is 0 Å². The second-order valence-electron chi connectivity index (χ2n) is 6.21. The molecule has 1 heterocycles. The van der Waals surface area contributed by atoms with Crippen molar-refractivity contribution >= 4 is 29.2 Å². The zero-order chi connectivity index (χ0) is 20.6. The molecule has 8 nitrogen and oxygen atoms in total. The van der Waals surface area contributed by atoms with E-state index in [0.29, 0.717) is 29.5 Å². The van der Waals surface area contributed by atoms with Crippen molar-refractivity contribution in [1.29, 1.82) is 0 Å². The van der Waals surface area contributed by atoms with Gasteiger partial charge in [0.25, 0.3) is 5.91 Å². The minimum atomic E-state index is -0.683. The first kappa shape index (κ1) is 20.2. The fourth-order valence-corrected chi connectivity index (χ4v) is 2.81. The molecule has 1 N–H and O–H groups in total. The van der Waals surface area contributed by atoms with Gasteiger partial charge in [0.15, 0.2) is 6.61 Å². The Hall–Kier alpha value is -3.55. The Morgan fingerprint density at radius 3 is 2.66 bits per heavy atom. The number of para-hydroxylation sites is 2. The van der Waals surface area contributed by atoms with E-state index in [1.807, 2.05) is 6.92 Å². The summed E-state index contributed by atoms with van der Waals surface area (Å²) in [4.78, 5) is 37.8. The van der Waals surface area contributed by atoms with Crippen LogP contribution in [0.5, 0.6) is 11.5 Å². The third-order valence-electron chi connectivity index (χ3n) is 4.13. The molecule has 0 spiro atoms. The molecule has 0 fully saturated rings. The van der Waals surface area contributed by atoms with E-state index in [0.717, 1.165) is 0 Å². The second-order valence-corrected chi connectivity index (χ2v) is 6.21. The number of hydrogen-bond acceptors (Lipinski definition) is 6. The van der Waals surface area contributed by atoms with Gasteiger partial charge in [-0.15, -0.1) is 0 Å². The quantitative estimate of drug-likeness (QED) is 0.720. The van der Waals surface area contributed by atoms with Crippen molar-refractivity contribution in [2.24, 2.45) is 0 Å². The summed E-state index contributed by atoms with van der Waals surface area (Å²) in [6.07, 6.45) is 0.153. The van der Waals surface area contributed by atoms with E-state index >= 15 is 0 Å². The number of fused-ring (bicyclic) bond motifs is 1. The van der Waals surface area contributed by atoms with Gasteiger partial charge in [0.2, 0.25) is 5.91 Å². The molecule has 1 aliphatic heterocycles. The SMILES string of the molecule is CCOc1ccc(NC(=O)COC(=O)CN2C(=O)CCOc3ccccc32)cc1. The first-order valence-electron chi connectivity index (χ1n) is 9.27. The van der Waals surface area contributed by atoms with E-state index in [1.54, 1.807) is 48.5 Å². The minimum Gasteiger partial charge on any atom is -0.494 e. The van der Waals surface area contributed by atoms with Gasteiger partial charge in [0, 0.05) is 5.69 Å². The lowest BCUT2D eigenvalue weighted by molar-refractivity contribution is -0.146. The van der Waals surface area contributed by atoms with Crippen molar-refractivity contribution in [3.63, 3.8) is 0 Å². The average molecular weight is 398 g/mol. The normalized spacial score (nSPS) is 13.0. The Labute approximate surface area is 168 Å². The minimum absolute atomic E-state index is 0.153. The summed E-state index contributed by atoms with van der Waals surface area (Å²) in [6, 6.07) is 13.8. The second kappa shape index (κ2) is 9.59. The summed E-state index contributed by atoms with van der Waals surface area (Å²) in [7, 11) is 0. The maximum absolute atomic E-state index is 12.3. The molecule has 152 valence electrons. The number of carbonyl (C=O) groups excluding carboxylic acids is 3. The highest BCUT2D eigenvalue weighted by molar-refractivity contribution is 6.00. The van der Waals surface area contributed by atoms with Crippen LogP contribution in [0.15, 0.2) is 48.5 Å². The van der Waals surface area contributed by atoms with E-state index in [2.05, 4.69) is 5.32 Å². The smallest absolute Gasteiger partial charge is 0.326 e. The van der Waals surface area contributed by atoms with Gasteiger partial charge in [-0.25, -0.2) is 0 Å². The molecule has 0 aliphatic carbocycles. The number of amides is 2. The predicted octanol–water partition coefficient (Wildman–Crippen LogP) is 2.38. The third kappa shape index (κ3) is 5.47. The molecular formula is C21H22N2O6. The lowest BCUT2D eigenvalue weighted by atomic mass is 10.2. The average Bonchev–Trinajstić information content (AvgIpc) is 2.87. The van der Waals surface area contributed by atoms with Crippen molar-refractivity contribution < 1.29 is 28.6 Å². The molecule has 2 aromatic rings. The van der Waals surface area contributed by atoms with Gasteiger partial charge < -0.3 is 19.5 Å². The van der Waals surface area contributed by atoms with Gasteiger partial charge in [0.1, 0.15) is 18.0 Å². The highest BCUT2D eigenvalue weighted by atomic mass is 16.5. The molecule has 0 unspecified atom stereocenters. The molecule has 0 saturated carbocycles. The van der Waals surface area contributed by atoms with Crippen LogP contribution in [0.3, 0.4) is 0 Å². The van der Waals surface area contributed by atoms with Crippen LogP contribution >= 0.6 is 0 Å². The van der Waals surface area contributed by atoms with Crippen LogP contribution in [0.2, 0.25) is 0 Å². The third-order valence-corrected chi connectivity index (χ3v) is 4.13. The number of ether oxygens (including phenoxy) is 3. The Morgan fingerprint density at radius 2 is 1.90 bits per heavy atom. The molecule has 0 saturated heterocycles. The van der Waals surface area contributed by atoms with E-state index in [-0.39, 0.29) is 25.5 Å². The first-order chi connectivity index (χ1) is 14.1. The molecule has 1 aliphatic rings. The van der Waals surface area contributed by atoms with E-state index in [4.69, 9.17) is 14.2 Å². The number of anilines is 2. The van der Waals surface area contributed by atoms with Crippen LogP contribution in [-0.4, -0.2) is 44.1 Å². The van der Waals surface area contributed by atoms with Crippen molar-refractivity contribution in [2.75, 3.05) is 36.6 Å². The molecule has 0 atom stereocenters. The topological polar surface area (TPSA) is 94.2 Å². The zero-order valence-corrected chi connectivity index (χ0v) is 16.1. The molecule has 2 amide bonds.